The lowest BCUT2D eigenvalue weighted by Gasteiger charge is -2.34. The number of rotatable bonds is 7. The predicted molar refractivity (Wildman–Crippen MR) is 125 cm³/mol. The highest BCUT2D eigenvalue weighted by Gasteiger charge is 2.30. The Morgan fingerprint density at radius 3 is 2.00 bits per heavy atom. The zero-order valence-corrected chi connectivity index (χ0v) is 17.9. The molecule has 5 heteroatoms. The van der Waals surface area contributed by atoms with E-state index in [1.165, 1.54) is 0 Å². The summed E-state index contributed by atoms with van der Waals surface area (Å²) in [6, 6.07) is 26.1. The summed E-state index contributed by atoms with van der Waals surface area (Å²) >= 11 is 0. The summed E-state index contributed by atoms with van der Waals surface area (Å²) < 4.78 is 0. The smallest absolute Gasteiger partial charge is 0.223 e. The molecular weight excluding hydrogens is 400 g/mol. The number of carbonyl (C=O) groups is 2. The first-order valence-corrected chi connectivity index (χ1v) is 11.0. The van der Waals surface area contributed by atoms with Gasteiger partial charge in [-0.15, -0.1) is 0 Å². The van der Waals surface area contributed by atoms with Gasteiger partial charge in [0.25, 0.3) is 0 Å². The molecule has 1 amide bonds. The molecule has 0 saturated carbocycles. The minimum Gasteiger partial charge on any atom is -0.386 e. The first kappa shape index (κ1) is 21.8. The Bertz CT molecular complexity index is 1010. The van der Waals surface area contributed by atoms with Crippen LogP contribution in [0.4, 0.5) is 5.69 Å². The third-order valence-electron chi connectivity index (χ3n) is 6.17. The zero-order chi connectivity index (χ0) is 22.3. The Balaban J connectivity index is 1.43. The van der Waals surface area contributed by atoms with Crippen molar-refractivity contribution in [3.8, 4) is 0 Å². The number of hydrogen-bond acceptors (Lipinski definition) is 4. The van der Waals surface area contributed by atoms with Gasteiger partial charge < -0.3 is 15.3 Å². The number of aldehydes is 1. The van der Waals surface area contributed by atoms with E-state index in [9.17, 15) is 14.7 Å². The summed E-state index contributed by atoms with van der Waals surface area (Å²) in [4.78, 5) is 26.3. The van der Waals surface area contributed by atoms with E-state index in [1.807, 2.05) is 84.9 Å². The van der Waals surface area contributed by atoms with Gasteiger partial charge in [-0.2, -0.15) is 0 Å². The molecule has 0 aliphatic carbocycles. The van der Waals surface area contributed by atoms with Crippen LogP contribution >= 0.6 is 0 Å². The lowest BCUT2D eigenvalue weighted by molar-refractivity contribution is -0.127. The Morgan fingerprint density at radius 1 is 0.875 bits per heavy atom. The molecule has 3 aromatic carbocycles. The quantitative estimate of drug-likeness (QED) is 0.551. The van der Waals surface area contributed by atoms with Crippen LogP contribution in [0, 0.1) is 5.92 Å². The maximum atomic E-state index is 13.2. The molecule has 1 saturated heterocycles. The van der Waals surface area contributed by atoms with Crippen molar-refractivity contribution in [3.63, 3.8) is 0 Å². The molecule has 1 fully saturated rings. The van der Waals surface area contributed by atoms with Gasteiger partial charge in [-0.25, -0.2) is 0 Å². The number of hydrogen-bond donors (Lipinski definition) is 2. The predicted octanol–water partition coefficient (Wildman–Crippen LogP) is 4.31. The van der Waals surface area contributed by atoms with Crippen LogP contribution < -0.4 is 10.2 Å². The number of nitrogens with one attached hydrogen (secondary N) is 1. The molecule has 5 nitrogen and oxygen atoms in total. The fourth-order valence-electron chi connectivity index (χ4n) is 4.28. The van der Waals surface area contributed by atoms with Crippen LogP contribution in [0.5, 0.6) is 0 Å². The van der Waals surface area contributed by atoms with Crippen LogP contribution in [0.2, 0.25) is 0 Å². The highest BCUT2D eigenvalue weighted by molar-refractivity contribution is 5.80. The van der Waals surface area contributed by atoms with Crippen LogP contribution in [-0.2, 0) is 4.79 Å². The fraction of sp³-hybridized carbons (Fsp3) is 0.259. The molecule has 2 N–H and O–H groups in total. The molecule has 0 radical (unpaired) electrons. The van der Waals surface area contributed by atoms with E-state index >= 15 is 0 Å². The molecule has 2 atom stereocenters. The SMILES string of the molecule is O=Cc1ccc(N2CCC(C(=O)N[C@H](c3ccccc3)[C@@H](O)c3ccccc3)CC2)cc1. The van der Waals surface area contributed by atoms with E-state index < -0.39 is 12.1 Å². The lowest BCUT2D eigenvalue weighted by atomic mass is 9.92. The van der Waals surface area contributed by atoms with Crippen LogP contribution in [-0.4, -0.2) is 30.4 Å². The molecule has 1 heterocycles. The number of carbonyl (C=O) groups excluding carboxylic acids is 2. The normalized spacial score (nSPS) is 16.2. The van der Waals surface area contributed by atoms with Gasteiger partial charge in [-0.3, -0.25) is 9.59 Å². The summed E-state index contributed by atoms with van der Waals surface area (Å²) in [6.07, 6.45) is 1.49. The van der Waals surface area contributed by atoms with Gasteiger partial charge in [0.2, 0.25) is 5.91 Å². The number of anilines is 1. The van der Waals surface area contributed by atoms with Crippen molar-refractivity contribution in [2.45, 2.75) is 25.0 Å². The molecule has 0 unspecified atom stereocenters. The zero-order valence-electron chi connectivity index (χ0n) is 17.9. The molecule has 1 aliphatic heterocycles. The van der Waals surface area contributed by atoms with Crippen molar-refractivity contribution >= 4 is 17.9 Å². The van der Waals surface area contributed by atoms with Gasteiger partial charge in [0.15, 0.2) is 0 Å². The second-order valence-corrected chi connectivity index (χ2v) is 8.22. The van der Waals surface area contributed by atoms with E-state index in [-0.39, 0.29) is 11.8 Å². The van der Waals surface area contributed by atoms with Crippen LogP contribution in [0.3, 0.4) is 0 Å². The van der Waals surface area contributed by atoms with Gasteiger partial charge in [0.1, 0.15) is 12.4 Å². The van der Waals surface area contributed by atoms with Gasteiger partial charge in [-0.05, 0) is 48.2 Å². The third kappa shape index (κ3) is 5.06. The topological polar surface area (TPSA) is 69.6 Å². The average molecular weight is 429 g/mol. The summed E-state index contributed by atoms with van der Waals surface area (Å²) in [5.74, 6) is -0.125. The number of amides is 1. The molecule has 0 bridgehead atoms. The molecule has 4 rings (SSSR count). The van der Waals surface area contributed by atoms with Gasteiger partial charge in [-0.1, -0.05) is 60.7 Å². The minimum absolute atomic E-state index is 0.0233. The maximum Gasteiger partial charge on any atom is 0.223 e. The van der Waals surface area contributed by atoms with Crippen molar-refractivity contribution in [1.29, 1.82) is 0 Å². The van der Waals surface area contributed by atoms with Crippen LogP contribution in [0.25, 0.3) is 0 Å². The minimum atomic E-state index is -0.834. The molecule has 32 heavy (non-hydrogen) atoms. The molecule has 1 aliphatic rings. The van der Waals surface area contributed by atoms with E-state index in [4.69, 9.17) is 0 Å². The Labute approximate surface area is 188 Å². The average Bonchev–Trinajstić information content (AvgIpc) is 2.88. The summed E-state index contributed by atoms with van der Waals surface area (Å²) in [5.41, 5.74) is 3.38. The second kappa shape index (κ2) is 10.2. The molecule has 164 valence electrons. The highest BCUT2D eigenvalue weighted by atomic mass is 16.3. The lowest BCUT2D eigenvalue weighted by Crippen LogP contribution is -2.42. The number of piperidine rings is 1. The van der Waals surface area contributed by atoms with E-state index in [0.29, 0.717) is 5.56 Å². The molecular formula is C27H28N2O3. The summed E-state index contributed by atoms with van der Waals surface area (Å²) in [6.45, 7) is 1.55. The van der Waals surface area contributed by atoms with Gasteiger partial charge in [0, 0.05) is 30.3 Å². The number of aliphatic hydroxyl groups is 1. The van der Waals surface area contributed by atoms with Crippen molar-refractivity contribution in [2.75, 3.05) is 18.0 Å². The van der Waals surface area contributed by atoms with Gasteiger partial charge in [0.05, 0.1) is 6.04 Å². The Morgan fingerprint density at radius 2 is 1.44 bits per heavy atom. The third-order valence-corrected chi connectivity index (χ3v) is 6.17. The first-order chi connectivity index (χ1) is 15.7. The molecule has 3 aromatic rings. The van der Waals surface area contributed by atoms with Crippen LogP contribution in [0.1, 0.15) is 46.5 Å². The van der Waals surface area contributed by atoms with Crippen molar-refractivity contribution in [1.82, 2.24) is 5.32 Å². The largest absolute Gasteiger partial charge is 0.386 e. The second-order valence-electron chi connectivity index (χ2n) is 8.22. The highest BCUT2D eigenvalue weighted by Crippen LogP contribution is 2.30. The number of aliphatic hydroxyl groups excluding tert-OH is 1. The number of benzene rings is 3. The van der Waals surface area contributed by atoms with Crippen molar-refractivity contribution in [2.24, 2.45) is 5.92 Å². The summed E-state index contributed by atoms with van der Waals surface area (Å²) in [7, 11) is 0. The van der Waals surface area contributed by atoms with Gasteiger partial charge >= 0.3 is 0 Å². The maximum absolute atomic E-state index is 13.2. The fourth-order valence-corrected chi connectivity index (χ4v) is 4.28. The first-order valence-electron chi connectivity index (χ1n) is 11.0. The van der Waals surface area contributed by atoms with Crippen molar-refractivity contribution < 1.29 is 14.7 Å². The van der Waals surface area contributed by atoms with Crippen molar-refractivity contribution in [3.05, 3.63) is 102 Å². The standard InChI is InChI=1S/C27H28N2O3/c30-19-20-11-13-24(14-12-20)29-17-15-23(16-18-29)27(32)28-25(21-7-3-1-4-8-21)26(31)22-9-5-2-6-10-22/h1-14,19,23,25-26,31H,15-18H2,(H,28,32)/t25-,26+/m1/s1. The Kier molecular flexibility index (Phi) is 6.97. The molecule has 0 spiro atoms. The Hall–Kier alpha value is -3.44. The van der Waals surface area contributed by atoms with E-state index in [1.54, 1.807) is 0 Å². The number of nitrogens with zero attached hydrogens (tertiary/aromatic N) is 1. The monoisotopic (exact) mass is 428 g/mol. The molecule has 0 aromatic heterocycles. The van der Waals surface area contributed by atoms with E-state index in [0.717, 1.165) is 49.0 Å². The van der Waals surface area contributed by atoms with Crippen LogP contribution in [0.15, 0.2) is 84.9 Å². The van der Waals surface area contributed by atoms with E-state index in [2.05, 4.69) is 10.2 Å². The summed E-state index contributed by atoms with van der Waals surface area (Å²) in [5, 5.41) is 14.2.